The van der Waals surface area contributed by atoms with E-state index in [0.29, 0.717) is 6.42 Å². The van der Waals surface area contributed by atoms with Crippen molar-refractivity contribution in [2.75, 3.05) is 6.61 Å². The van der Waals surface area contributed by atoms with E-state index in [1.807, 2.05) is 48.0 Å². The van der Waals surface area contributed by atoms with Crippen LogP contribution < -0.4 is 5.32 Å². The summed E-state index contributed by atoms with van der Waals surface area (Å²) in [5.74, 6) is 0.906. The highest BCUT2D eigenvalue weighted by atomic mass is 16.3. The maximum absolute atomic E-state index is 12.0. The lowest BCUT2D eigenvalue weighted by Gasteiger charge is -2.16. The number of imidazole rings is 1. The van der Waals surface area contributed by atoms with E-state index in [-0.39, 0.29) is 18.6 Å². The van der Waals surface area contributed by atoms with E-state index in [1.165, 1.54) is 0 Å². The highest BCUT2D eigenvalue weighted by Crippen LogP contribution is 2.12. The summed E-state index contributed by atoms with van der Waals surface area (Å²) in [6, 6.07) is 9.16. The minimum Gasteiger partial charge on any atom is -0.394 e. The SMILES string of the molecule is Cc1nccn1CCCC(=O)NC(CO)c1ccccc1. The summed E-state index contributed by atoms with van der Waals surface area (Å²) in [5, 5.41) is 12.3. The van der Waals surface area contributed by atoms with Crippen molar-refractivity contribution >= 4 is 5.91 Å². The number of aliphatic hydroxyl groups is 1. The Hall–Kier alpha value is -2.14. The zero-order chi connectivity index (χ0) is 15.1. The first-order chi connectivity index (χ1) is 10.2. The van der Waals surface area contributed by atoms with E-state index in [4.69, 9.17) is 0 Å². The lowest BCUT2D eigenvalue weighted by Crippen LogP contribution is -2.30. The van der Waals surface area contributed by atoms with Crippen molar-refractivity contribution in [3.05, 3.63) is 54.1 Å². The Morgan fingerprint density at radius 1 is 1.38 bits per heavy atom. The van der Waals surface area contributed by atoms with Gasteiger partial charge in [-0.25, -0.2) is 4.98 Å². The molecule has 2 aromatic rings. The number of carbonyl (C=O) groups is 1. The van der Waals surface area contributed by atoms with Gasteiger partial charge in [0.25, 0.3) is 0 Å². The number of amides is 1. The second kappa shape index (κ2) is 7.59. The van der Waals surface area contributed by atoms with Crippen LogP contribution in [0.15, 0.2) is 42.7 Å². The molecule has 0 aliphatic carbocycles. The van der Waals surface area contributed by atoms with Gasteiger partial charge in [-0.3, -0.25) is 4.79 Å². The molecule has 0 aliphatic rings. The Morgan fingerprint density at radius 3 is 2.76 bits per heavy atom. The van der Waals surface area contributed by atoms with Crippen molar-refractivity contribution in [2.24, 2.45) is 0 Å². The van der Waals surface area contributed by atoms with E-state index in [0.717, 1.165) is 24.4 Å². The molecule has 1 aromatic heterocycles. The van der Waals surface area contributed by atoms with Crippen LogP contribution in [-0.4, -0.2) is 27.2 Å². The number of hydrogen-bond acceptors (Lipinski definition) is 3. The van der Waals surface area contributed by atoms with Crippen molar-refractivity contribution in [3.63, 3.8) is 0 Å². The number of nitrogens with zero attached hydrogens (tertiary/aromatic N) is 2. The highest BCUT2D eigenvalue weighted by Gasteiger charge is 2.13. The molecule has 0 radical (unpaired) electrons. The monoisotopic (exact) mass is 287 g/mol. The normalized spacial score (nSPS) is 12.1. The standard InChI is InChI=1S/C16H21N3O2/c1-13-17-9-11-19(13)10-5-8-16(21)18-15(12-20)14-6-3-2-4-7-14/h2-4,6-7,9,11,15,20H,5,8,10,12H2,1H3,(H,18,21). The van der Waals surface area contributed by atoms with Gasteiger partial charge in [0, 0.05) is 25.4 Å². The molecule has 0 saturated carbocycles. The molecule has 0 saturated heterocycles. The number of aromatic nitrogens is 2. The minimum atomic E-state index is -0.339. The van der Waals surface area contributed by atoms with E-state index in [1.54, 1.807) is 6.20 Å². The lowest BCUT2D eigenvalue weighted by molar-refractivity contribution is -0.122. The summed E-state index contributed by atoms with van der Waals surface area (Å²) in [6.45, 7) is 2.61. The van der Waals surface area contributed by atoms with E-state index >= 15 is 0 Å². The van der Waals surface area contributed by atoms with Gasteiger partial charge in [0.05, 0.1) is 12.6 Å². The number of rotatable bonds is 7. The van der Waals surface area contributed by atoms with Crippen molar-refractivity contribution in [1.82, 2.24) is 14.9 Å². The van der Waals surface area contributed by atoms with Gasteiger partial charge in [-0.2, -0.15) is 0 Å². The summed E-state index contributed by atoms with van der Waals surface area (Å²) in [6.07, 6.45) is 4.84. The molecule has 21 heavy (non-hydrogen) atoms. The van der Waals surface area contributed by atoms with Crippen LogP contribution in [0.3, 0.4) is 0 Å². The Morgan fingerprint density at radius 2 is 2.14 bits per heavy atom. The molecule has 1 atom stereocenters. The molecule has 1 amide bonds. The van der Waals surface area contributed by atoms with Gasteiger partial charge in [0.15, 0.2) is 0 Å². The molecule has 1 heterocycles. The fourth-order valence-corrected chi connectivity index (χ4v) is 2.24. The maximum Gasteiger partial charge on any atom is 0.220 e. The zero-order valence-corrected chi connectivity index (χ0v) is 12.2. The third-order valence-electron chi connectivity index (χ3n) is 3.45. The first-order valence-corrected chi connectivity index (χ1v) is 7.13. The number of aryl methyl sites for hydroxylation is 2. The predicted octanol–water partition coefficient (Wildman–Crippen LogP) is 1.82. The van der Waals surface area contributed by atoms with Gasteiger partial charge in [0.2, 0.25) is 5.91 Å². The zero-order valence-electron chi connectivity index (χ0n) is 12.2. The number of benzene rings is 1. The van der Waals surface area contributed by atoms with Crippen LogP contribution in [0.1, 0.15) is 30.3 Å². The third-order valence-corrected chi connectivity index (χ3v) is 3.45. The summed E-state index contributed by atoms with van der Waals surface area (Å²) >= 11 is 0. The molecule has 2 rings (SSSR count). The highest BCUT2D eigenvalue weighted by molar-refractivity contribution is 5.76. The van der Waals surface area contributed by atoms with Gasteiger partial charge in [-0.1, -0.05) is 30.3 Å². The van der Waals surface area contributed by atoms with Gasteiger partial charge in [-0.15, -0.1) is 0 Å². The molecule has 0 aliphatic heterocycles. The average Bonchev–Trinajstić information content (AvgIpc) is 2.91. The Labute approximate surface area is 124 Å². The molecular formula is C16H21N3O2. The van der Waals surface area contributed by atoms with Crippen LogP contribution in [0, 0.1) is 6.92 Å². The van der Waals surface area contributed by atoms with E-state index in [9.17, 15) is 9.90 Å². The van der Waals surface area contributed by atoms with Crippen LogP contribution in [0.4, 0.5) is 0 Å². The van der Waals surface area contributed by atoms with Crippen molar-refractivity contribution in [2.45, 2.75) is 32.4 Å². The molecule has 0 spiro atoms. The summed E-state index contributed by atoms with van der Waals surface area (Å²) in [5.41, 5.74) is 0.916. The smallest absolute Gasteiger partial charge is 0.220 e. The molecule has 5 heteroatoms. The molecule has 1 aromatic carbocycles. The van der Waals surface area contributed by atoms with Gasteiger partial charge < -0.3 is 15.0 Å². The first-order valence-electron chi connectivity index (χ1n) is 7.13. The fourth-order valence-electron chi connectivity index (χ4n) is 2.24. The van der Waals surface area contributed by atoms with Crippen molar-refractivity contribution in [1.29, 1.82) is 0 Å². The van der Waals surface area contributed by atoms with Crippen LogP contribution in [-0.2, 0) is 11.3 Å². The molecule has 112 valence electrons. The molecule has 0 fully saturated rings. The van der Waals surface area contributed by atoms with Crippen molar-refractivity contribution in [3.8, 4) is 0 Å². The molecular weight excluding hydrogens is 266 g/mol. The molecule has 5 nitrogen and oxygen atoms in total. The lowest BCUT2D eigenvalue weighted by atomic mass is 10.1. The molecule has 0 bridgehead atoms. The number of aliphatic hydroxyl groups excluding tert-OH is 1. The third kappa shape index (κ3) is 4.43. The Balaban J connectivity index is 1.79. The van der Waals surface area contributed by atoms with E-state index in [2.05, 4.69) is 10.3 Å². The van der Waals surface area contributed by atoms with Crippen molar-refractivity contribution < 1.29 is 9.90 Å². The largest absolute Gasteiger partial charge is 0.394 e. The second-order valence-corrected chi connectivity index (χ2v) is 4.98. The number of nitrogens with one attached hydrogen (secondary N) is 1. The minimum absolute atomic E-state index is 0.0457. The van der Waals surface area contributed by atoms with Gasteiger partial charge in [-0.05, 0) is 18.9 Å². The quantitative estimate of drug-likeness (QED) is 0.816. The topological polar surface area (TPSA) is 67.2 Å². The van der Waals surface area contributed by atoms with Crippen LogP contribution >= 0.6 is 0 Å². The number of hydrogen-bond donors (Lipinski definition) is 2. The van der Waals surface area contributed by atoms with Gasteiger partial charge in [0.1, 0.15) is 5.82 Å². The molecule has 1 unspecified atom stereocenters. The van der Waals surface area contributed by atoms with Crippen LogP contribution in [0.5, 0.6) is 0 Å². The average molecular weight is 287 g/mol. The maximum atomic E-state index is 12.0. The number of carbonyl (C=O) groups excluding carboxylic acids is 1. The predicted molar refractivity (Wildman–Crippen MR) is 80.6 cm³/mol. The Kier molecular flexibility index (Phi) is 5.51. The summed E-state index contributed by atoms with van der Waals surface area (Å²) in [4.78, 5) is 16.1. The van der Waals surface area contributed by atoms with Gasteiger partial charge >= 0.3 is 0 Å². The fraction of sp³-hybridized carbons (Fsp3) is 0.375. The summed E-state index contributed by atoms with van der Waals surface area (Å²) < 4.78 is 2.02. The van der Waals surface area contributed by atoms with E-state index < -0.39 is 0 Å². The Bertz CT molecular complexity index is 566. The molecule has 2 N–H and O–H groups in total. The first kappa shape index (κ1) is 15.3. The second-order valence-electron chi connectivity index (χ2n) is 4.98. The van der Waals surface area contributed by atoms with Crippen LogP contribution in [0.25, 0.3) is 0 Å². The van der Waals surface area contributed by atoms with Crippen LogP contribution in [0.2, 0.25) is 0 Å². The summed E-state index contributed by atoms with van der Waals surface area (Å²) in [7, 11) is 0.